The number of esters is 1. The monoisotopic (exact) mass is 479 g/mol. The maximum Gasteiger partial charge on any atom is 0.338 e. The highest BCUT2D eigenvalue weighted by Gasteiger charge is 2.35. The van der Waals surface area contributed by atoms with Crippen molar-refractivity contribution < 1.29 is 23.8 Å². The zero-order valence-corrected chi connectivity index (χ0v) is 20.5. The highest BCUT2D eigenvalue weighted by molar-refractivity contribution is 5.95. The molecule has 0 aliphatic carbocycles. The van der Waals surface area contributed by atoms with Gasteiger partial charge in [-0.25, -0.2) is 9.59 Å². The number of carbonyl (C=O) groups excluding carboxylic acids is 2. The van der Waals surface area contributed by atoms with Crippen molar-refractivity contribution in [3.63, 3.8) is 0 Å². The van der Waals surface area contributed by atoms with Crippen LogP contribution in [-0.2, 0) is 16.0 Å². The van der Waals surface area contributed by atoms with E-state index in [0.29, 0.717) is 40.8 Å². The Balaban J connectivity index is 1.53. The molecule has 0 unspecified atom stereocenters. The molecule has 2 aromatic carbocycles. The molecule has 8 nitrogen and oxygen atoms in total. The molecular formula is C27H33N3O5. The van der Waals surface area contributed by atoms with Crippen LogP contribution in [0.3, 0.4) is 0 Å². The summed E-state index contributed by atoms with van der Waals surface area (Å²) in [5, 5.41) is 5.73. The van der Waals surface area contributed by atoms with Crippen LogP contribution >= 0.6 is 0 Å². The number of hydrogen-bond acceptors (Lipinski definition) is 6. The van der Waals surface area contributed by atoms with E-state index in [-0.39, 0.29) is 6.03 Å². The summed E-state index contributed by atoms with van der Waals surface area (Å²) >= 11 is 0. The van der Waals surface area contributed by atoms with Crippen molar-refractivity contribution in [1.82, 2.24) is 15.5 Å². The number of likely N-dealkylation sites (tertiary alicyclic amines) is 1. The average Bonchev–Trinajstić information content (AvgIpc) is 2.89. The molecule has 0 spiro atoms. The van der Waals surface area contributed by atoms with Crippen LogP contribution in [0.15, 0.2) is 59.8 Å². The number of nitrogens with zero attached hydrogens (tertiary/aromatic N) is 1. The van der Waals surface area contributed by atoms with Gasteiger partial charge in [0.25, 0.3) is 0 Å². The van der Waals surface area contributed by atoms with Gasteiger partial charge in [-0.2, -0.15) is 0 Å². The number of urea groups is 1. The largest absolute Gasteiger partial charge is 0.493 e. The molecule has 0 radical (unpaired) electrons. The number of methoxy groups -OCH3 is 3. The molecule has 1 fully saturated rings. The van der Waals surface area contributed by atoms with E-state index in [4.69, 9.17) is 14.2 Å². The minimum absolute atomic E-state index is 0.355. The van der Waals surface area contributed by atoms with E-state index in [0.717, 1.165) is 32.4 Å². The van der Waals surface area contributed by atoms with E-state index >= 15 is 0 Å². The van der Waals surface area contributed by atoms with E-state index in [1.807, 2.05) is 12.1 Å². The summed E-state index contributed by atoms with van der Waals surface area (Å²) in [6.45, 7) is 2.28. The summed E-state index contributed by atoms with van der Waals surface area (Å²) in [6, 6.07) is 14.9. The van der Waals surface area contributed by atoms with Gasteiger partial charge in [-0.3, -0.25) is 4.90 Å². The Morgan fingerprint density at radius 3 is 2.37 bits per heavy atom. The van der Waals surface area contributed by atoms with Gasteiger partial charge in [0.15, 0.2) is 11.5 Å². The van der Waals surface area contributed by atoms with Crippen LogP contribution in [0, 0.1) is 5.92 Å². The van der Waals surface area contributed by atoms with Crippen LogP contribution in [-0.4, -0.2) is 57.9 Å². The number of rotatable bonds is 8. The lowest BCUT2D eigenvalue weighted by Crippen LogP contribution is -2.49. The van der Waals surface area contributed by atoms with Crippen LogP contribution in [0.1, 0.15) is 30.0 Å². The van der Waals surface area contributed by atoms with Gasteiger partial charge in [0.1, 0.15) is 0 Å². The molecule has 0 aromatic heterocycles. The Labute approximate surface area is 206 Å². The standard InChI is InChI=1S/C27H33N3O5/c1-33-22-10-9-20(16-23(22)34-2)25-24(26(31)35-3)21(28-27(32)29-25)17-30-13-11-19(12-14-30)15-18-7-5-4-6-8-18/h4-10,16,19,25H,11-15,17H2,1-3H3,(H2,28,29,32)/t25-/m0/s1. The first-order valence-corrected chi connectivity index (χ1v) is 11.9. The summed E-state index contributed by atoms with van der Waals surface area (Å²) in [4.78, 5) is 27.8. The van der Waals surface area contributed by atoms with Gasteiger partial charge >= 0.3 is 12.0 Å². The molecule has 2 aliphatic rings. The molecule has 35 heavy (non-hydrogen) atoms. The Hall–Kier alpha value is -3.52. The van der Waals surface area contributed by atoms with Crippen LogP contribution < -0.4 is 20.1 Å². The molecule has 2 N–H and O–H groups in total. The molecule has 2 heterocycles. The lowest BCUT2D eigenvalue weighted by atomic mass is 9.89. The number of amides is 2. The molecule has 186 valence electrons. The smallest absolute Gasteiger partial charge is 0.338 e. The van der Waals surface area contributed by atoms with Crippen molar-refractivity contribution in [2.24, 2.45) is 5.92 Å². The van der Waals surface area contributed by atoms with Crippen LogP contribution in [0.2, 0.25) is 0 Å². The molecule has 1 saturated heterocycles. The molecule has 2 aromatic rings. The van der Waals surface area contributed by atoms with Gasteiger partial charge < -0.3 is 24.8 Å². The minimum atomic E-state index is -0.665. The van der Waals surface area contributed by atoms with Crippen molar-refractivity contribution in [2.75, 3.05) is 41.0 Å². The second-order valence-corrected chi connectivity index (χ2v) is 8.94. The third-order valence-corrected chi connectivity index (χ3v) is 6.76. The van der Waals surface area contributed by atoms with Gasteiger partial charge in [0.2, 0.25) is 0 Å². The number of benzene rings is 2. The summed E-state index contributed by atoms with van der Waals surface area (Å²) in [6.07, 6.45) is 3.22. The van der Waals surface area contributed by atoms with Crippen LogP contribution in [0.4, 0.5) is 4.79 Å². The Morgan fingerprint density at radius 2 is 1.71 bits per heavy atom. The quantitative estimate of drug-likeness (QED) is 0.564. The number of nitrogens with one attached hydrogen (secondary N) is 2. The van der Waals surface area contributed by atoms with E-state index in [2.05, 4.69) is 39.8 Å². The summed E-state index contributed by atoms with van der Waals surface area (Å²) in [5.74, 6) is 1.24. The number of ether oxygens (including phenoxy) is 3. The summed E-state index contributed by atoms with van der Waals surface area (Å²) in [7, 11) is 4.46. The van der Waals surface area contributed by atoms with Gasteiger partial charge in [-0.05, 0) is 61.5 Å². The fourth-order valence-corrected chi connectivity index (χ4v) is 4.90. The van der Waals surface area contributed by atoms with E-state index < -0.39 is 12.0 Å². The fourth-order valence-electron chi connectivity index (χ4n) is 4.90. The number of carbonyl (C=O) groups is 2. The highest BCUT2D eigenvalue weighted by atomic mass is 16.5. The number of hydrogen-bond donors (Lipinski definition) is 2. The second kappa shape index (κ2) is 11.3. The lowest BCUT2D eigenvalue weighted by molar-refractivity contribution is -0.136. The van der Waals surface area contributed by atoms with Crippen molar-refractivity contribution in [1.29, 1.82) is 0 Å². The van der Waals surface area contributed by atoms with Crippen LogP contribution in [0.25, 0.3) is 0 Å². The summed E-state index contributed by atoms with van der Waals surface area (Å²) < 4.78 is 15.9. The number of piperidine rings is 1. The molecule has 2 aliphatic heterocycles. The minimum Gasteiger partial charge on any atom is -0.493 e. The van der Waals surface area contributed by atoms with Crippen molar-refractivity contribution in [3.05, 3.63) is 70.9 Å². The predicted octanol–water partition coefficient (Wildman–Crippen LogP) is 3.44. The van der Waals surface area contributed by atoms with E-state index in [9.17, 15) is 9.59 Å². The van der Waals surface area contributed by atoms with Crippen molar-refractivity contribution >= 4 is 12.0 Å². The SMILES string of the molecule is COC(=O)C1=C(CN2CCC(Cc3ccccc3)CC2)NC(=O)N[C@H]1c1ccc(OC)c(OC)c1. The molecular weight excluding hydrogens is 446 g/mol. The lowest BCUT2D eigenvalue weighted by Gasteiger charge is -2.35. The first-order chi connectivity index (χ1) is 17.0. The maximum atomic E-state index is 12.9. The topological polar surface area (TPSA) is 89.1 Å². The molecule has 4 rings (SSSR count). The normalized spacial score (nSPS) is 19.1. The zero-order valence-electron chi connectivity index (χ0n) is 20.5. The highest BCUT2D eigenvalue weighted by Crippen LogP contribution is 2.35. The zero-order chi connectivity index (χ0) is 24.8. The third kappa shape index (κ3) is 5.77. The molecule has 1 atom stereocenters. The first-order valence-electron chi connectivity index (χ1n) is 11.9. The van der Waals surface area contributed by atoms with Gasteiger partial charge in [0, 0.05) is 12.2 Å². The van der Waals surface area contributed by atoms with Crippen molar-refractivity contribution in [3.8, 4) is 11.5 Å². The van der Waals surface area contributed by atoms with Gasteiger partial charge in [0.05, 0.1) is 32.9 Å². The average molecular weight is 480 g/mol. The fraction of sp³-hybridized carbons (Fsp3) is 0.407. The molecule has 8 heteroatoms. The van der Waals surface area contributed by atoms with E-state index in [1.165, 1.54) is 12.7 Å². The van der Waals surface area contributed by atoms with Crippen molar-refractivity contribution in [2.45, 2.75) is 25.3 Å². The van der Waals surface area contributed by atoms with E-state index in [1.54, 1.807) is 26.4 Å². The van der Waals surface area contributed by atoms with Crippen LogP contribution in [0.5, 0.6) is 11.5 Å². The Bertz CT molecular complexity index is 1080. The molecule has 2 amide bonds. The molecule has 0 saturated carbocycles. The van der Waals surface area contributed by atoms with Gasteiger partial charge in [-0.1, -0.05) is 36.4 Å². The second-order valence-electron chi connectivity index (χ2n) is 8.94. The molecule has 0 bridgehead atoms. The van der Waals surface area contributed by atoms with Gasteiger partial charge in [-0.15, -0.1) is 0 Å². The summed E-state index contributed by atoms with van der Waals surface area (Å²) in [5.41, 5.74) is 3.04. The Morgan fingerprint density at radius 1 is 1.00 bits per heavy atom. The maximum absolute atomic E-state index is 12.9. The first kappa shape index (κ1) is 24.6. The third-order valence-electron chi connectivity index (χ3n) is 6.76. The predicted molar refractivity (Wildman–Crippen MR) is 132 cm³/mol. The Kier molecular flexibility index (Phi) is 7.92.